The first-order chi connectivity index (χ1) is 6.70. The zero-order valence-corrected chi connectivity index (χ0v) is 8.62. The van der Waals surface area contributed by atoms with Gasteiger partial charge in [-0.1, -0.05) is 6.92 Å². The van der Waals surface area contributed by atoms with Crippen LogP contribution in [0.5, 0.6) is 0 Å². The summed E-state index contributed by atoms with van der Waals surface area (Å²) < 4.78 is 0. The van der Waals surface area contributed by atoms with E-state index in [9.17, 15) is 0 Å². The summed E-state index contributed by atoms with van der Waals surface area (Å²) in [6.45, 7) is 3.36. The first-order valence-corrected chi connectivity index (χ1v) is 4.95. The molecule has 0 aromatic heterocycles. The molecule has 0 bridgehead atoms. The fourth-order valence-corrected chi connectivity index (χ4v) is 2.20. The largest absolute Gasteiger partial charge is 0.374 e. The Kier molecular flexibility index (Phi) is 2.17. The lowest BCUT2D eigenvalue weighted by Gasteiger charge is -2.31. The van der Waals surface area contributed by atoms with Crippen molar-refractivity contribution in [3.63, 3.8) is 0 Å². The normalized spacial score (nSPS) is 20.1. The third kappa shape index (κ3) is 1.46. The van der Waals surface area contributed by atoms with E-state index in [1.54, 1.807) is 0 Å². The van der Waals surface area contributed by atoms with Crippen molar-refractivity contribution in [3.05, 3.63) is 29.3 Å². The van der Waals surface area contributed by atoms with Gasteiger partial charge in [0.25, 0.3) is 0 Å². The average Bonchev–Trinajstić information content (AvgIpc) is 2.16. The minimum absolute atomic E-state index is 0.682. The van der Waals surface area contributed by atoms with Gasteiger partial charge in [-0.05, 0) is 36.1 Å². The van der Waals surface area contributed by atoms with E-state index < -0.39 is 0 Å². The van der Waals surface area contributed by atoms with E-state index >= 15 is 0 Å². The molecule has 2 nitrogen and oxygen atoms in total. The van der Waals surface area contributed by atoms with Gasteiger partial charge in [0.1, 0.15) is 0 Å². The highest BCUT2D eigenvalue weighted by Crippen LogP contribution is 2.28. The number of benzene rings is 1. The smallest absolute Gasteiger partial charge is 0.0991 e. The first kappa shape index (κ1) is 9.08. The zero-order valence-electron chi connectivity index (χ0n) is 8.62. The summed E-state index contributed by atoms with van der Waals surface area (Å²) in [6, 6.07) is 8.15. The van der Waals surface area contributed by atoms with Crippen LogP contribution in [0.1, 0.15) is 18.1 Å². The summed E-state index contributed by atoms with van der Waals surface area (Å²) in [6.07, 6.45) is 1.09. The second kappa shape index (κ2) is 3.34. The molecule has 0 radical (unpaired) electrons. The molecule has 2 rings (SSSR count). The van der Waals surface area contributed by atoms with Gasteiger partial charge in [-0.15, -0.1) is 0 Å². The van der Waals surface area contributed by atoms with Crippen LogP contribution in [0.3, 0.4) is 0 Å². The highest BCUT2D eigenvalue weighted by atomic mass is 15.1. The van der Waals surface area contributed by atoms with Gasteiger partial charge >= 0.3 is 0 Å². The molecule has 14 heavy (non-hydrogen) atoms. The first-order valence-electron chi connectivity index (χ1n) is 4.95. The quantitative estimate of drug-likeness (QED) is 0.621. The van der Waals surface area contributed by atoms with Crippen molar-refractivity contribution >= 4 is 5.69 Å². The molecule has 1 aliphatic rings. The summed E-state index contributed by atoms with van der Waals surface area (Å²) in [5.41, 5.74) is 3.36. The van der Waals surface area contributed by atoms with Crippen LogP contribution >= 0.6 is 0 Å². The lowest BCUT2D eigenvalue weighted by Crippen LogP contribution is -2.30. The standard InChI is InChI=1S/C12H14N2/c1-9-5-11-6-10(7-13)3-4-12(11)14(2)8-9/h3-4,6,9H,5,8H2,1-2H3. The van der Waals surface area contributed by atoms with Crippen molar-refractivity contribution in [1.29, 1.82) is 5.26 Å². The Bertz CT molecular complexity index is 390. The highest BCUT2D eigenvalue weighted by molar-refractivity contribution is 5.58. The lowest BCUT2D eigenvalue weighted by molar-refractivity contribution is 0.551. The van der Waals surface area contributed by atoms with E-state index in [4.69, 9.17) is 5.26 Å². The Balaban J connectivity index is 2.45. The van der Waals surface area contributed by atoms with Crippen LogP contribution < -0.4 is 4.90 Å². The van der Waals surface area contributed by atoms with Gasteiger partial charge in [-0.25, -0.2) is 0 Å². The van der Waals surface area contributed by atoms with Crippen molar-refractivity contribution < 1.29 is 0 Å². The highest BCUT2D eigenvalue weighted by Gasteiger charge is 2.18. The molecule has 1 unspecified atom stereocenters. The molecule has 1 aliphatic heterocycles. The SMILES string of the molecule is CC1Cc2cc(C#N)ccc2N(C)C1. The number of fused-ring (bicyclic) bond motifs is 1. The summed E-state index contributed by atoms with van der Waals surface area (Å²) in [4.78, 5) is 2.27. The maximum atomic E-state index is 8.81. The Hall–Kier alpha value is -1.49. The van der Waals surface area contributed by atoms with Crippen LogP contribution in [0.4, 0.5) is 5.69 Å². The molecule has 0 saturated heterocycles. The van der Waals surface area contributed by atoms with Gasteiger partial charge < -0.3 is 4.90 Å². The number of hydrogen-bond acceptors (Lipinski definition) is 2. The van der Waals surface area contributed by atoms with Gasteiger partial charge in [-0.2, -0.15) is 5.26 Å². The van der Waals surface area contributed by atoms with E-state index in [-0.39, 0.29) is 0 Å². The Morgan fingerprint density at radius 2 is 2.29 bits per heavy atom. The third-order valence-electron chi connectivity index (χ3n) is 2.77. The molecule has 0 amide bonds. The molecule has 1 aromatic carbocycles. The molecule has 0 fully saturated rings. The van der Waals surface area contributed by atoms with Crippen LogP contribution in [0, 0.1) is 17.2 Å². The summed E-state index contributed by atoms with van der Waals surface area (Å²) in [5, 5.41) is 8.81. The van der Waals surface area contributed by atoms with Gasteiger partial charge in [0.15, 0.2) is 0 Å². The molecule has 0 aliphatic carbocycles. The molecule has 1 heterocycles. The molecule has 1 atom stereocenters. The van der Waals surface area contributed by atoms with Gasteiger partial charge in [0.05, 0.1) is 11.6 Å². The minimum Gasteiger partial charge on any atom is -0.374 e. The van der Waals surface area contributed by atoms with Crippen LogP contribution in [0.25, 0.3) is 0 Å². The fourth-order valence-electron chi connectivity index (χ4n) is 2.20. The van der Waals surface area contributed by atoms with Gasteiger partial charge in [0.2, 0.25) is 0 Å². The molecule has 0 N–H and O–H groups in total. The molecule has 0 spiro atoms. The topological polar surface area (TPSA) is 27.0 Å². The average molecular weight is 186 g/mol. The monoisotopic (exact) mass is 186 g/mol. The number of nitriles is 1. The number of anilines is 1. The lowest BCUT2D eigenvalue weighted by atomic mass is 9.93. The predicted octanol–water partition coefficient (Wildman–Crippen LogP) is 2.19. The van der Waals surface area contributed by atoms with Crippen molar-refractivity contribution in [1.82, 2.24) is 0 Å². The zero-order chi connectivity index (χ0) is 10.1. The molecule has 72 valence electrons. The van der Waals surface area contributed by atoms with Crippen molar-refractivity contribution in [2.45, 2.75) is 13.3 Å². The fraction of sp³-hybridized carbons (Fsp3) is 0.417. The summed E-state index contributed by atoms with van der Waals surface area (Å²) in [5.74, 6) is 0.682. The van der Waals surface area contributed by atoms with Gasteiger partial charge in [-0.3, -0.25) is 0 Å². The minimum atomic E-state index is 0.682. The van der Waals surface area contributed by atoms with Crippen LogP contribution in [0.15, 0.2) is 18.2 Å². The molecule has 0 saturated carbocycles. The molecular weight excluding hydrogens is 172 g/mol. The van der Waals surface area contributed by atoms with Crippen molar-refractivity contribution in [2.75, 3.05) is 18.5 Å². The second-order valence-corrected chi connectivity index (χ2v) is 4.15. The number of rotatable bonds is 0. The maximum absolute atomic E-state index is 8.81. The summed E-state index contributed by atoms with van der Waals surface area (Å²) in [7, 11) is 2.11. The van der Waals surface area contributed by atoms with Crippen molar-refractivity contribution in [2.24, 2.45) is 5.92 Å². The summed E-state index contributed by atoms with van der Waals surface area (Å²) >= 11 is 0. The Morgan fingerprint density at radius 3 is 3.00 bits per heavy atom. The van der Waals surface area contributed by atoms with E-state index in [1.165, 1.54) is 11.3 Å². The van der Waals surface area contributed by atoms with E-state index in [0.717, 1.165) is 18.5 Å². The molecule has 2 heteroatoms. The molecular formula is C12H14N2. The van der Waals surface area contributed by atoms with Crippen LogP contribution in [-0.4, -0.2) is 13.6 Å². The van der Waals surface area contributed by atoms with E-state index in [0.29, 0.717) is 5.92 Å². The van der Waals surface area contributed by atoms with E-state index in [2.05, 4.69) is 31.0 Å². The third-order valence-corrected chi connectivity index (χ3v) is 2.77. The molecule has 1 aromatic rings. The Labute approximate surface area is 84.8 Å². The second-order valence-electron chi connectivity index (χ2n) is 4.15. The number of nitrogens with zero attached hydrogens (tertiary/aromatic N) is 2. The Morgan fingerprint density at radius 1 is 1.50 bits per heavy atom. The van der Waals surface area contributed by atoms with E-state index in [1.807, 2.05) is 12.1 Å². The van der Waals surface area contributed by atoms with Crippen LogP contribution in [0.2, 0.25) is 0 Å². The maximum Gasteiger partial charge on any atom is 0.0991 e. The van der Waals surface area contributed by atoms with Crippen LogP contribution in [-0.2, 0) is 6.42 Å². The van der Waals surface area contributed by atoms with Gasteiger partial charge in [0, 0.05) is 19.3 Å². The predicted molar refractivity (Wildman–Crippen MR) is 57.3 cm³/mol. The number of hydrogen-bond donors (Lipinski definition) is 0. The van der Waals surface area contributed by atoms with Crippen molar-refractivity contribution in [3.8, 4) is 6.07 Å².